The Hall–Kier alpha value is -2.82. The van der Waals surface area contributed by atoms with Crippen LogP contribution in [-0.4, -0.2) is 81.5 Å². The molecule has 34 heavy (non-hydrogen) atoms. The first-order valence-electron chi connectivity index (χ1n) is 9.95. The van der Waals surface area contributed by atoms with Crippen molar-refractivity contribution in [2.75, 3.05) is 40.0 Å². The zero-order valence-corrected chi connectivity index (χ0v) is 21.0. The van der Waals surface area contributed by atoms with E-state index in [2.05, 4.69) is 30.3 Å². The van der Waals surface area contributed by atoms with Crippen LogP contribution in [0.4, 0.5) is 5.13 Å². The fraction of sp³-hybridized carbons (Fsp3) is 0.263. The molecule has 0 aliphatic rings. The Bertz CT molecular complexity index is 1480. The monoisotopic (exact) mass is 523 g/mol. The lowest BCUT2D eigenvalue weighted by molar-refractivity contribution is -0.869. The quantitative estimate of drug-likeness (QED) is 0.196. The van der Waals surface area contributed by atoms with Crippen LogP contribution >= 0.6 is 11.3 Å². The average Bonchev–Trinajstić information content (AvgIpc) is 3.40. The highest BCUT2D eigenvalue weighted by atomic mass is 32.2. The Labute approximate surface area is 202 Å². The van der Waals surface area contributed by atoms with Gasteiger partial charge in [-0.15, -0.1) is 10.2 Å². The van der Waals surface area contributed by atoms with Gasteiger partial charge in [-0.2, -0.15) is 5.21 Å². The number of sulfonamides is 1. The maximum absolute atomic E-state index is 13.2. The zero-order chi connectivity index (χ0) is 24.7. The number of quaternary nitrogens is 1. The second-order valence-electron chi connectivity index (χ2n) is 8.42. The molecule has 12 nitrogen and oxygen atoms in total. The first-order valence-corrected chi connectivity index (χ1v) is 13.4. The number of nitrogens with zero attached hydrogens (tertiary/aromatic N) is 5. The molecule has 15 heteroatoms. The summed E-state index contributed by atoms with van der Waals surface area (Å²) in [6.45, 7) is 0.653. The van der Waals surface area contributed by atoms with Gasteiger partial charge in [0.05, 0.1) is 54.9 Å². The largest absolute Gasteiger partial charge is 0.375 e. The van der Waals surface area contributed by atoms with Crippen molar-refractivity contribution in [1.29, 1.82) is 0 Å². The lowest BCUT2D eigenvalue weighted by Crippen LogP contribution is -2.42. The van der Waals surface area contributed by atoms with Crippen LogP contribution in [0.2, 0.25) is 0 Å². The third-order valence-electron chi connectivity index (χ3n) is 4.96. The zero-order valence-electron chi connectivity index (χ0n) is 18.5. The lowest BCUT2D eigenvalue weighted by Gasteiger charge is -2.24. The number of thiazole rings is 1. The minimum Gasteiger partial charge on any atom is -0.375 e. The molecule has 1 unspecified atom stereocenters. The molecule has 0 aliphatic carbocycles. The molecule has 2 heterocycles. The van der Waals surface area contributed by atoms with Crippen LogP contribution in [0.25, 0.3) is 32.7 Å². The normalized spacial score (nSPS) is 13.4. The van der Waals surface area contributed by atoms with Crippen LogP contribution in [0, 0.1) is 0 Å². The maximum Gasteiger partial charge on any atom is 0.242 e. The number of nitrogens with one attached hydrogen (secondary N) is 2. The average molecular weight is 524 g/mol. The highest BCUT2D eigenvalue weighted by Crippen LogP contribution is 2.41. The minimum atomic E-state index is -4.14. The van der Waals surface area contributed by atoms with Gasteiger partial charge < -0.3 is 14.8 Å². The molecule has 4 aromatic rings. The van der Waals surface area contributed by atoms with Gasteiger partial charge in [-0.25, -0.2) is 22.3 Å². The number of benzene rings is 2. The number of fused-ring (bicyclic) bond motifs is 1. The van der Waals surface area contributed by atoms with Gasteiger partial charge >= 0.3 is 0 Å². The summed E-state index contributed by atoms with van der Waals surface area (Å²) in [7, 11) is 1.64. The van der Waals surface area contributed by atoms with Crippen molar-refractivity contribution >= 4 is 47.8 Å². The number of aromatic nitrogens is 5. The summed E-state index contributed by atoms with van der Waals surface area (Å²) in [5, 5.41) is 14.2. The summed E-state index contributed by atoms with van der Waals surface area (Å²) >= 11 is -1.41. The molecule has 180 valence electrons. The third-order valence-corrected chi connectivity index (χ3v) is 8.21. The van der Waals surface area contributed by atoms with Crippen LogP contribution in [0.15, 0.2) is 40.1 Å². The second-order valence-corrected chi connectivity index (χ2v) is 12.1. The number of H-pyrrole nitrogens is 1. The van der Waals surface area contributed by atoms with Gasteiger partial charge in [0, 0.05) is 5.56 Å². The van der Waals surface area contributed by atoms with Gasteiger partial charge in [0.25, 0.3) is 0 Å². The molecule has 0 fully saturated rings. The summed E-state index contributed by atoms with van der Waals surface area (Å²) in [5.41, 5.74) is 7.52. The van der Waals surface area contributed by atoms with Crippen LogP contribution < -0.4 is 10.5 Å². The van der Waals surface area contributed by atoms with E-state index in [1.165, 1.54) is 17.4 Å². The number of aromatic amines is 1. The lowest BCUT2D eigenvalue weighted by atomic mass is 9.98. The Morgan fingerprint density at radius 3 is 2.62 bits per heavy atom. The molecule has 0 amide bonds. The molecule has 4 rings (SSSR count). The standard InChI is InChI=1S/C19H22N8O4S3/c1-27(2,3)10-9-21-34(30,31)14-8-7-11(12-5-4-6-13-16(12)22-19(20)32-13)15(17(14)33(28)29)18-23-25-26-24-18/h4-8,21H,9-10H2,1-3H3,(H3-,20,22,23,24,25,26,28,29)/p+1. The number of nitrogens with two attached hydrogens (primary N) is 1. The van der Waals surface area contributed by atoms with Crippen molar-refractivity contribution in [3.8, 4) is 22.5 Å². The number of hydrogen-bond donors (Lipinski definition) is 4. The molecule has 2 aromatic carbocycles. The third kappa shape index (κ3) is 4.84. The molecule has 2 aromatic heterocycles. The number of anilines is 1. The molecule has 0 saturated carbocycles. The topological polar surface area (TPSA) is 177 Å². The van der Waals surface area contributed by atoms with Gasteiger partial charge in [0.1, 0.15) is 4.90 Å². The molecule has 0 bridgehead atoms. The molecule has 5 N–H and O–H groups in total. The Balaban J connectivity index is 1.95. The molecule has 0 spiro atoms. The Morgan fingerprint density at radius 2 is 1.97 bits per heavy atom. The van der Waals surface area contributed by atoms with E-state index < -0.39 is 21.1 Å². The smallest absolute Gasteiger partial charge is 0.242 e. The Morgan fingerprint density at radius 1 is 1.21 bits per heavy atom. The summed E-state index contributed by atoms with van der Waals surface area (Å²) in [5.74, 6) is -0.0315. The summed E-state index contributed by atoms with van der Waals surface area (Å²) in [6, 6.07) is 8.24. The van der Waals surface area contributed by atoms with Crippen LogP contribution in [-0.2, 0) is 21.1 Å². The second kappa shape index (κ2) is 9.09. The predicted molar refractivity (Wildman–Crippen MR) is 130 cm³/mol. The molecule has 0 radical (unpaired) electrons. The number of rotatable bonds is 8. The van der Waals surface area contributed by atoms with Crippen molar-refractivity contribution in [3.63, 3.8) is 0 Å². The molecule has 0 saturated heterocycles. The molecule has 1 atom stereocenters. The fourth-order valence-electron chi connectivity index (χ4n) is 3.44. The van der Waals surface area contributed by atoms with Crippen molar-refractivity contribution in [2.24, 2.45) is 0 Å². The van der Waals surface area contributed by atoms with E-state index in [1.807, 2.05) is 27.2 Å². The maximum atomic E-state index is 13.2. The number of para-hydroxylation sites is 1. The van der Waals surface area contributed by atoms with E-state index in [1.54, 1.807) is 18.2 Å². The SMILES string of the molecule is C[N+](C)(C)CCNS(=O)(=O)c1ccc(-c2cccc3sc(N)nc23)c(-c2nn[nH]n2)c1S(=O)O. The van der Waals surface area contributed by atoms with Gasteiger partial charge in [-0.3, -0.25) is 0 Å². The van der Waals surface area contributed by atoms with Gasteiger partial charge in [0.15, 0.2) is 16.2 Å². The number of tetrazole rings is 1. The minimum absolute atomic E-state index is 0.0315. The van der Waals surface area contributed by atoms with E-state index >= 15 is 0 Å². The number of hydrogen-bond acceptors (Lipinski definition) is 9. The molecular formula is C19H23N8O4S3+. The van der Waals surface area contributed by atoms with E-state index in [4.69, 9.17) is 5.73 Å². The fourth-order valence-corrected chi connectivity index (χ4v) is 6.47. The van der Waals surface area contributed by atoms with E-state index in [9.17, 15) is 17.2 Å². The number of likely N-dealkylation sites (N-methyl/N-ethyl adjacent to an activating group) is 1. The predicted octanol–water partition coefficient (Wildman–Crippen LogP) is 1.29. The van der Waals surface area contributed by atoms with Crippen molar-refractivity contribution in [2.45, 2.75) is 9.79 Å². The summed E-state index contributed by atoms with van der Waals surface area (Å²) < 4.78 is 53.0. The van der Waals surface area contributed by atoms with E-state index in [0.29, 0.717) is 32.8 Å². The van der Waals surface area contributed by atoms with Crippen molar-refractivity contribution in [3.05, 3.63) is 30.3 Å². The summed E-state index contributed by atoms with van der Waals surface area (Å²) in [4.78, 5) is 3.69. The van der Waals surface area contributed by atoms with Gasteiger partial charge in [-0.05, 0) is 22.9 Å². The van der Waals surface area contributed by atoms with E-state index in [-0.39, 0.29) is 27.7 Å². The summed E-state index contributed by atoms with van der Waals surface area (Å²) in [6.07, 6.45) is 0. The first-order chi connectivity index (χ1) is 16.0. The highest BCUT2D eigenvalue weighted by molar-refractivity contribution is 7.90. The molecule has 0 aliphatic heterocycles. The highest BCUT2D eigenvalue weighted by Gasteiger charge is 2.30. The van der Waals surface area contributed by atoms with Crippen molar-refractivity contribution < 1.29 is 21.7 Å². The Kier molecular flexibility index (Phi) is 6.50. The van der Waals surface area contributed by atoms with Gasteiger partial charge in [0.2, 0.25) is 15.8 Å². The van der Waals surface area contributed by atoms with Gasteiger partial charge in [-0.1, -0.05) is 29.5 Å². The number of nitrogen functional groups attached to an aromatic ring is 1. The molecular weight excluding hydrogens is 500 g/mol. The first kappa shape index (κ1) is 24.3. The van der Waals surface area contributed by atoms with Crippen LogP contribution in [0.3, 0.4) is 0 Å². The van der Waals surface area contributed by atoms with Crippen molar-refractivity contribution in [1.82, 2.24) is 30.3 Å². The van der Waals surface area contributed by atoms with Crippen LogP contribution in [0.1, 0.15) is 0 Å². The van der Waals surface area contributed by atoms with Crippen LogP contribution in [0.5, 0.6) is 0 Å². The van der Waals surface area contributed by atoms with E-state index in [0.717, 1.165) is 4.70 Å².